The number of likely N-dealkylation sites (N-methyl/N-ethyl adjacent to an activating group) is 2. The van der Waals surface area contributed by atoms with Crippen LogP contribution in [0.2, 0.25) is 5.02 Å². The summed E-state index contributed by atoms with van der Waals surface area (Å²) in [6, 6.07) is 10.8. The zero-order chi connectivity index (χ0) is 35.4. The SMILES string of the molecule is CN1C[C@H](O)CC1C#CC(=O)N1CCC(N(C)c2nc(OC[C@@]34CCCN3C[C@H](F)C4)nc3c(F)c(-c4cccc5cccc(Cl)c45)ncc23)C1. The van der Waals surface area contributed by atoms with Crippen molar-refractivity contribution in [2.75, 3.05) is 58.3 Å². The Morgan fingerprint density at radius 3 is 2.80 bits per heavy atom. The van der Waals surface area contributed by atoms with Gasteiger partial charge in [-0.3, -0.25) is 19.6 Å². The molecule has 8 rings (SSSR count). The maximum Gasteiger partial charge on any atom is 0.319 e. The van der Waals surface area contributed by atoms with E-state index in [9.17, 15) is 14.3 Å². The van der Waals surface area contributed by atoms with E-state index in [1.54, 1.807) is 23.2 Å². The van der Waals surface area contributed by atoms with Crippen LogP contribution in [0.4, 0.5) is 14.6 Å². The largest absolute Gasteiger partial charge is 0.461 e. The van der Waals surface area contributed by atoms with Crippen molar-refractivity contribution in [1.82, 2.24) is 29.7 Å². The molecule has 0 aliphatic carbocycles. The summed E-state index contributed by atoms with van der Waals surface area (Å²) in [5, 5.41) is 12.4. The highest BCUT2D eigenvalue weighted by molar-refractivity contribution is 6.36. The van der Waals surface area contributed by atoms with E-state index in [1.807, 2.05) is 48.2 Å². The molecule has 4 aliphatic heterocycles. The number of carbonyl (C=O) groups is 1. The number of hydrogen-bond acceptors (Lipinski definition) is 9. The zero-order valence-corrected chi connectivity index (χ0v) is 29.4. The zero-order valence-electron chi connectivity index (χ0n) is 28.7. The van der Waals surface area contributed by atoms with E-state index in [-0.39, 0.29) is 41.8 Å². The van der Waals surface area contributed by atoms with Gasteiger partial charge in [0.25, 0.3) is 5.91 Å². The van der Waals surface area contributed by atoms with Crippen molar-refractivity contribution in [3.05, 3.63) is 53.4 Å². The molecule has 4 fully saturated rings. The van der Waals surface area contributed by atoms with Gasteiger partial charge in [0, 0.05) is 74.3 Å². The fourth-order valence-electron chi connectivity index (χ4n) is 8.46. The quantitative estimate of drug-likeness (QED) is 0.285. The van der Waals surface area contributed by atoms with Crippen LogP contribution >= 0.6 is 11.6 Å². The number of alkyl halides is 1. The molecule has 6 heterocycles. The predicted octanol–water partition coefficient (Wildman–Crippen LogP) is 4.70. The Hall–Kier alpha value is -4.15. The molecule has 4 aromatic rings. The molecule has 266 valence electrons. The highest BCUT2D eigenvalue weighted by Crippen LogP contribution is 2.41. The lowest BCUT2D eigenvalue weighted by molar-refractivity contribution is -0.124. The van der Waals surface area contributed by atoms with Crippen molar-refractivity contribution >= 4 is 45.0 Å². The number of likely N-dealkylation sites (tertiary alicyclic amines) is 2. The number of aliphatic hydroxyl groups excluding tert-OH is 1. The number of aromatic nitrogens is 3. The first-order valence-corrected chi connectivity index (χ1v) is 18.0. The number of carbonyl (C=O) groups excluding carboxylic acids is 1. The average molecular weight is 716 g/mol. The van der Waals surface area contributed by atoms with Gasteiger partial charge in [0.2, 0.25) is 0 Å². The lowest BCUT2D eigenvalue weighted by Gasteiger charge is -2.31. The van der Waals surface area contributed by atoms with E-state index >= 15 is 4.39 Å². The van der Waals surface area contributed by atoms with Gasteiger partial charge in [0.15, 0.2) is 5.82 Å². The number of aliphatic hydroxyl groups is 1. The van der Waals surface area contributed by atoms with Gasteiger partial charge in [-0.1, -0.05) is 47.9 Å². The molecule has 4 aliphatic rings. The van der Waals surface area contributed by atoms with Crippen LogP contribution in [0.15, 0.2) is 42.6 Å². The Morgan fingerprint density at radius 2 is 2.00 bits per heavy atom. The molecule has 0 spiro atoms. The highest BCUT2D eigenvalue weighted by atomic mass is 35.5. The predicted molar refractivity (Wildman–Crippen MR) is 192 cm³/mol. The number of fused-ring (bicyclic) bond motifs is 3. The summed E-state index contributed by atoms with van der Waals surface area (Å²) in [7, 11) is 3.75. The van der Waals surface area contributed by atoms with E-state index in [0.717, 1.165) is 24.8 Å². The molecule has 4 saturated heterocycles. The molecule has 13 heteroatoms. The van der Waals surface area contributed by atoms with Crippen LogP contribution in [-0.2, 0) is 4.79 Å². The minimum atomic E-state index is -0.921. The lowest BCUT2D eigenvalue weighted by Crippen LogP contribution is -2.43. The number of amides is 1. The first-order chi connectivity index (χ1) is 24.6. The van der Waals surface area contributed by atoms with Crippen LogP contribution in [0.25, 0.3) is 32.9 Å². The number of pyridine rings is 1. The molecule has 2 aromatic heterocycles. The average Bonchev–Trinajstić information content (AvgIpc) is 3.89. The van der Waals surface area contributed by atoms with E-state index in [4.69, 9.17) is 21.3 Å². The van der Waals surface area contributed by atoms with Gasteiger partial charge in [-0.15, -0.1) is 0 Å². The molecule has 1 N–H and O–H groups in total. The van der Waals surface area contributed by atoms with Crippen LogP contribution in [0, 0.1) is 17.7 Å². The van der Waals surface area contributed by atoms with Gasteiger partial charge < -0.3 is 19.6 Å². The van der Waals surface area contributed by atoms with Crippen molar-refractivity contribution < 1.29 is 23.4 Å². The summed E-state index contributed by atoms with van der Waals surface area (Å²) < 4.78 is 37.7. The number of benzene rings is 2. The molecule has 5 atom stereocenters. The molecule has 0 radical (unpaired) electrons. The second kappa shape index (κ2) is 13.4. The van der Waals surface area contributed by atoms with E-state index in [0.29, 0.717) is 72.6 Å². The molecule has 2 unspecified atom stereocenters. The fourth-order valence-corrected chi connectivity index (χ4v) is 8.75. The Morgan fingerprint density at radius 1 is 1.18 bits per heavy atom. The Labute approximate surface area is 300 Å². The molecule has 1 amide bonds. The molecule has 0 bridgehead atoms. The first-order valence-electron chi connectivity index (χ1n) is 17.6. The summed E-state index contributed by atoms with van der Waals surface area (Å²) in [6.45, 7) is 2.82. The van der Waals surface area contributed by atoms with Crippen LogP contribution in [-0.4, -0.2) is 124 Å². The molecule has 51 heavy (non-hydrogen) atoms. The van der Waals surface area contributed by atoms with Gasteiger partial charge in [-0.05, 0) is 50.2 Å². The number of rotatable bonds is 6. The maximum absolute atomic E-state index is 16.8. The van der Waals surface area contributed by atoms with E-state index in [1.165, 1.54) is 0 Å². The molecular weight excluding hydrogens is 676 g/mol. The minimum absolute atomic E-state index is 0.000414. The number of ether oxygens (including phenoxy) is 1. The van der Waals surface area contributed by atoms with E-state index in [2.05, 4.69) is 26.7 Å². The maximum atomic E-state index is 16.8. The van der Waals surface area contributed by atoms with Crippen molar-refractivity contribution in [3.63, 3.8) is 0 Å². The monoisotopic (exact) mass is 715 g/mol. The van der Waals surface area contributed by atoms with Gasteiger partial charge in [0.1, 0.15) is 29.8 Å². The van der Waals surface area contributed by atoms with Crippen molar-refractivity contribution in [2.45, 2.75) is 62.0 Å². The molecule has 0 saturated carbocycles. The van der Waals surface area contributed by atoms with Gasteiger partial charge in [-0.2, -0.15) is 9.97 Å². The third-order valence-electron chi connectivity index (χ3n) is 11.2. The van der Waals surface area contributed by atoms with Gasteiger partial charge in [0.05, 0.1) is 23.1 Å². The smallest absolute Gasteiger partial charge is 0.319 e. The Balaban J connectivity index is 1.13. The minimum Gasteiger partial charge on any atom is -0.461 e. The van der Waals surface area contributed by atoms with Crippen LogP contribution in [0.3, 0.4) is 0 Å². The molecule has 2 aromatic carbocycles. The van der Waals surface area contributed by atoms with Gasteiger partial charge in [-0.25, -0.2) is 8.78 Å². The highest BCUT2D eigenvalue weighted by Gasteiger charge is 2.49. The number of hydrogen-bond donors (Lipinski definition) is 1. The van der Waals surface area contributed by atoms with Crippen molar-refractivity contribution in [3.8, 4) is 29.1 Å². The second-order valence-electron chi connectivity index (χ2n) is 14.4. The summed E-state index contributed by atoms with van der Waals surface area (Å²) >= 11 is 6.62. The number of nitrogens with zero attached hydrogens (tertiary/aromatic N) is 7. The van der Waals surface area contributed by atoms with Crippen LogP contribution in [0.5, 0.6) is 6.01 Å². The van der Waals surface area contributed by atoms with Crippen molar-refractivity contribution in [2.24, 2.45) is 0 Å². The Kier molecular flexibility index (Phi) is 8.95. The third kappa shape index (κ3) is 6.24. The number of β-amino-alcohol motifs (C(OH)–C–C–N with tert-alkyl or cyclic N) is 1. The standard InChI is InChI=1S/C38H40ClF2N7O3/c1-45-21-27(49)16-25(45)10-11-31(50)47-15-12-26(20-47)46(2)36-29-18-42-34(28-8-3-6-23-7-4-9-30(39)32(23)28)33(41)35(29)43-37(44-36)51-22-38-13-5-14-48(38)19-24(40)17-38/h3-4,6-9,18,24-27,49H,5,12-17,19-22H2,1-2H3/t24-,25?,26?,27-,38+/m1/s1. The van der Waals surface area contributed by atoms with Gasteiger partial charge >= 0.3 is 6.01 Å². The second-order valence-corrected chi connectivity index (χ2v) is 14.8. The number of anilines is 1. The van der Waals surface area contributed by atoms with Crippen LogP contribution < -0.4 is 9.64 Å². The first kappa shape index (κ1) is 34.0. The van der Waals surface area contributed by atoms with E-state index < -0.39 is 23.6 Å². The third-order valence-corrected chi connectivity index (χ3v) is 11.5. The summed E-state index contributed by atoms with van der Waals surface area (Å²) in [6.07, 6.45) is 3.52. The van der Waals surface area contributed by atoms with Crippen LogP contribution in [0.1, 0.15) is 32.1 Å². The summed E-state index contributed by atoms with van der Waals surface area (Å²) in [5.41, 5.74) is 0.252. The van der Waals surface area contributed by atoms with Crippen molar-refractivity contribution in [1.29, 1.82) is 0 Å². The summed E-state index contributed by atoms with van der Waals surface area (Å²) in [4.78, 5) is 34.9. The molecule has 10 nitrogen and oxygen atoms in total. The fraction of sp³-hybridized carbons (Fsp3) is 0.474. The summed E-state index contributed by atoms with van der Waals surface area (Å²) in [5.74, 6) is 5.33. The Bertz CT molecular complexity index is 2070. The topological polar surface area (TPSA) is 98.2 Å². The normalized spacial score (nSPS) is 26.5. The molecular formula is C38H40ClF2N7O3. The number of halogens is 3. The lowest BCUT2D eigenvalue weighted by atomic mass is 9.95.